The molecule has 1 unspecified atom stereocenters. The van der Waals surface area contributed by atoms with Crippen LogP contribution in [0, 0.1) is 0 Å². The molecule has 0 aromatic heterocycles. The van der Waals surface area contributed by atoms with Crippen LogP contribution in [0.2, 0.25) is 0 Å². The molecule has 2 rings (SSSR count). The number of benzene rings is 1. The smallest absolute Gasteiger partial charge is 0.151 e. The number of likely N-dealkylation sites (tertiary alicyclic amines) is 1. The number of ketones is 1. The summed E-state index contributed by atoms with van der Waals surface area (Å²) < 4.78 is 0. The maximum absolute atomic E-state index is 11.8. The van der Waals surface area contributed by atoms with Crippen molar-refractivity contribution in [1.29, 1.82) is 0 Å². The van der Waals surface area contributed by atoms with Crippen LogP contribution in [-0.4, -0.2) is 23.8 Å². The summed E-state index contributed by atoms with van der Waals surface area (Å²) in [5, 5.41) is 0. The second kappa shape index (κ2) is 6.77. The Labute approximate surface area is 109 Å². The van der Waals surface area contributed by atoms with E-state index >= 15 is 0 Å². The Kier molecular flexibility index (Phi) is 5.66. The van der Waals surface area contributed by atoms with Gasteiger partial charge in [0.15, 0.2) is 5.78 Å². The molecular formula is C14H20ClNO. The highest BCUT2D eigenvalue weighted by molar-refractivity contribution is 5.85. The van der Waals surface area contributed by atoms with Crippen LogP contribution < -0.4 is 0 Å². The number of carbonyl (C=O) groups is 1. The molecule has 1 aliphatic rings. The minimum Gasteiger partial charge on any atom is -0.298 e. The van der Waals surface area contributed by atoms with E-state index in [0.29, 0.717) is 0 Å². The number of piperidine rings is 1. The number of Topliss-reactive ketones (excluding diaryl/α,β-unsaturated/α-hetero) is 1. The van der Waals surface area contributed by atoms with Crippen molar-refractivity contribution in [3.63, 3.8) is 0 Å². The van der Waals surface area contributed by atoms with Crippen molar-refractivity contribution in [2.75, 3.05) is 13.1 Å². The predicted octanol–water partition coefficient (Wildman–Crippen LogP) is 3.22. The van der Waals surface area contributed by atoms with Gasteiger partial charge in [0.1, 0.15) is 0 Å². The standard InChI is InChI=1S/C14H19NO.ClH/c1-12(16)14(13-8-4-2-5-9-13)15-10-6-3-7-11-15;/h2,4-5,8-9,14H,3,6-7,10-11H2,1H3;1H. The third-order valence-electron chi connectivity index (χ3n) is 3.26. The van der Waals surface area contributed by atoms with Crippen LogP contribution in [0.5, 0.6) is 0 Å². The van der Waals surface area contributed by atoms with Crippen LogP contribution in [0.15, 0.2) is 30.3 Å². The number of rotatable bonds is 3. The van der Waals surface area contributed by atoms with Gasteiger partial charge in [-0.3, -0.25) is 9.69 Å². The molecule has 1 aromatic rings. The van der Waals surface area contributed by atoms with Crippen molar-refractivity contribution < 1.29 is 4.79 Å². The van der Waals surface area contributed by atoms with Gasteiger partial charge in [-0.2, -0.15) is 0 Å². The van der Waals surface area contributed by atoms with Crippen molar-refractivity contribution in [2.45, 2.75) is 32.2 Å². The number of nitrogens with zero attached hydrogens (tertiary/aromatic N) is 1. The van der Waals surface area contributed by atoms with E-state index in [4.69, 9.17) is 0 Å². The van der Waals surface area contributed by atoms with E-state index in [1.165, 1.54) is 19.3 Å². The fraction of sp³-hybridized carbons (Fsp3) is 0.500. The quantitative estimate of drug-likeness (QED) is 0.824. The average Bonchev–Trinajstić information content (AvgIpc) is 2.31. The van der Waals surface area contributed by atoms with Gasteiger partial charge in [-0.05, 0) is 38.4 Å². The van der Waals surface area contributed by atoms with Crippen molar-refractivity contribution in [2.24, 2.45) is 0 Å². The molecule has 1 aromatic carbocycles. The Balaban J connectivity index is 0.00000144. The van der Waals surface area contributed by atoms with Gasteiger partial charge in [-0.25, -0.2) is 0 Å². The largest absolute Gasteiger partial charge is 0.298 e. The SMILES string of the molecule is CC(=O)C(c1ccccc1)N1CCCCC1.Cl. The predicted molar refractivity (Wildman–Crippen MR) is 72.5 cm³/mol. The molecule has 3 heteroatoms. The Morgan fingerprint density at radius 3 is 2.24 bits per heavy atom. The second-order valence-electron chi connectivity index (χ2n) is 4.52. The van der Waals surface area contributed by atoms with Gasteiger partial charge in [-0.15, -0.1) is 12.4 Å². The summed E-state index contributed by atoms with van der Waals surface area (Å²) in [6.45, 7) is 3.81. The number of carbonyl (C=O) groups excluding carboxylic acids is 1. The molecule has 1 fully saturated rings. The number of hydrogen-bond donors (Lipinski definition) is 0. The van der Waals surface area contributed by atoms with Gasteiger partial charge in [0.25, 0.3) is 0 Å². The first-order chi connectivity index (χ1) is 7.79. The van der Waals surface area contributed by atoms with E-state index in [2.05, 4.69) is 17.0 Å². The monoisotopic (exact) mass is 253 g/mol. The van der Waals surface area contributed by atoms with Crippen molar-refractivity contribution in [1.82, 2.24) is 4.90 Å². The molecule has 1 atom stereocenters. The van der Waals surface area contributed by atoms with Gasteiger partial charge < -0.3 is 0 Å². The molecule has 0 aliphatic carbocycles. The zero-order valence-corrected chi connectivity index (χ0v) is 11.1. The third kappa shape index (κ3) is 3.55. The molecule has 0 saturated carbocycles. The summed E-state index contributed by atoms with van der Waals surface area (Å²) >= 11 is 0. The van der Waals surface area contributed by atoms with Gasteiger partial charge >= 0.3 is 0 Å². The first-order valence-electron chi connectivity index (χ1n) is 6.08. The minimum absolute atomic E-state index is 0. The van der Waals surface area contributed by atoms with Gasteiger partial charge in [0.05, 0.1) is 6.04 Å². The van der Waals surface area contributed by atoms with Crippen LogP contribution in [0.25, 0.3) is 0 Å². The lowest BCUT2D eigenvalue weighted by Gasteiger charge is -2.33. The molecule has 0 radical (unpaired) electrons. The van der Waals surface area contributed by atoms with Gasteiger partial charge in [0.2, 0.25) is 0 Å². The van der Waals surface area contributed by atoms with E-state index in [-0.39, 0.29) is 24.2 Å². The average molecular weight is 254 g/mol. The molecule has 2 nitrogen and oxygen atoms in total. The highest BCUT2D eigenvalue weighted by atomic mass is 35.5. The Bertz CT molecular complexity index is 346. The molecule has 1 aliphatic heterocycles. The highest BCUT2D eigenvalue weighted by Crippen LogP contribution is 2.25. The van der Waals surface area contributed by atoms with Crippen LogP contribution in [0.4, 0.5) is 0 Å². The molecular weight excluding hydrogens is 234 g/mol. The minimum atomic E-state index is -0.0264. The van der Waals surface area contributed by atoms with E-state index in [1.54, 1.807) is 6.92 Å². The molecule has 94 valence electrons. The lowest BCUT2D eigenvalue weighted by Crippen LogP contribution is -2.37. The van der Waals surface area contributed by atoms with E-state index in [1.807, 2.05) is 18.2 Å². The third-order valence-corrected chi connectivity index (χ3v) is 3.26. The van der Waals surface area contributed by atoms with Gasteiger partial charge in [0, 0.05) is 0 Å². The molecule has 1 saturated heterocycles. The van der Waals surface area contributed by atoms with Crippen molar-refractivity contribution in [3.8, 4) is 0 Å². The Morgan fingerprint density at radius 1 is 1.12 bits per heavy atom. The lowest BCUT2D eigenvalue weighted by molar-refractivity contribution is -0.122. The molecule has 0 spiro atoms. The number of hydrogen-bond acceptors (Lipinski definition) is 2. The molecule has 1 heterocycles. The first kappa shape index (κ1) is 14.2. The zero-order chi connectivity index (χ0) is 11.4. The van der Waals surface area contributed by atoms with Crippen LogP contribution in [-0.2, 0) is 4.79 Å². The van der Waals surface area contributed by atoms with Crippen LogP contribution in [0.3, 0.4) is 0 Å². The van der Waals surface area contributed by atoms with Crippen molar-refractivity contribution >= 4 is 18.2 Å². The molecule has 0 N–H and O–H groups in total. The Morgan fingerprint density at radius 2 is 1.71 bits per heavy atom. The van der Waals surface area contributed by atoms with E-state index < -0.39 is 0 Å². The summed E-state index contributed by atoms with van der Waals surface area (Å²) in [5.41, 5.74) is 1.14. The fourth-order valence-electron chi connectivity index (χ4n) is 2.51. The van der Waals surface area contributed by atoms with E-state index in [9.17, 15) is 4.79 Å². The number of halogens is 1. The van der Waals surface area contributed by atoms with Crippen molar-refractivity contribution in [3.05, 3.63) is 35.9 Å². The lowest BCUT2D eigenvalue weighted by atomic mass is 9.99. The van der Waals surface area contributed by atoms with Crippen LogP contribution in [0.1, 0.15) is 37.8 Å². The summed E-state index contributed by atoms with van der Waals surface area (Å²) in [6.07, 6.45) is 3.74. The van der Waals surface area contributed by atoms with Gasteiger partial charge in [-0.1, -0.05) is 36.8 Å². The maximum Gasteiger partial charge on any atom is 0.151 e. The zero-order valence-electron chi connectivity index (χ0n) is 10.3. The first-order valence-corrected chi connectivity index (χ1v) is 6.08. The summed E-state index contributed by atoms with van der Waals surface area (Å²) in [4.78, 5) is 14.1. The molecule has 17 heavy (non-hydrogen) atoms. The fourth-order valence-corrected chi connectivity index (χ4v) is 2.51. The summed E-state index contributed by atoms with van der Waals surface area (Å²) in [7, 11) is 0. The van der Waals surface area contributed by atoms with Crippen LogP contribution >= 0.6 is 12.4 Å². The maximum atomic E-state index is 11.8. The summed E-state index contributed by atoms with van der Waals surface area (Å²) in [5.74, 6) is 0.258. The normalized spacial score (nSPS) is 18.2. The second-order valence-corrected chi connectivity index (χ2v) is 4.52. The molecule has 0 amide bonds. The highest BCUT2D eigenvalue weighted by Gasteiger charge is 2.25. The Hall–Kier alpha value is -0.860. The summed E-state index contributed by atoms with van der Waals surface area (Å²) in [6, 6.07) is 10.1. The topological polar surface area (TPSA) is 20.3 Å². The molecule has 0 bridgehead atoms. The van der Waals surface area contributed by atoms with E-state index in [0.717, 1.165) is 18.7 Å².